The van der Waals surface area contributed by atoms with Crippen molar-refractivity contribution in [1.82, 2.24) is 0 Å². The van der Waals surface area contributed by atoms with Crippen LogP contribution in [0.25, 0.3) is 0 Å². The molecule has 4 heteroatoms. The van der Waals surface area contributed by atoms with Gasteiger partial charge in [0.15, 0.2) is 6.29 Å². The summed E-state index contributed by atoms with van der Waals surface area (Å²) in [5.41, 5.74) is 0. The molecule has 0 atom stereocenters. The van der Waals surface area contributed by atoms with E-state index in [1.54, 1.807) is 0 Å². The number of halogens is 2. The maximum Gasteiger partial charge on any atom is 0.271 e. The lowest BCUT2D eigenvalue weighted by atomic mass is 9.74. The Kier molecular flexibility index (Phi) is 7.11. The van der Waals surface area contributed by atoms with Crippen LogP contribution in [0.5, 0.6) is 0 Å². The van der Waals surface area contributed by atoms with E-state index < -0.39 is 12.4 Å². The van der Waals surface area contributed by atoms with E-state index in [0.29, 0.717) is 25.0 Å². The summed E-state index contributed by atoms with van der Waals surface area (Å²) < 4.78 is 35.0. The van der Waals surface area contributed by atoms with Gasteiger partial charge < -0.3 is 9.47 Å². The van der Waals surface area contributed by atoms with E-state index in [1.807, 2.05) is 0 Å². The Morgan fingerprint density at radius 2 is 1.67 bits per heavy atom. The van der Waals surface area contributed by atoms with Crippen molar-refractivity contribution in [2.45, 2.75) is 64.6 Å². The highest BCUT2D eigenvalue weighted by atomic mass is 19.3. The molecule has 122 valence electrons. The SMILES string of the molecule is CCCCCC1CCC(C2COC(C=C(F)F)OC2)CC1. The van der Waals surface area contributed by atoms with Crippen molar-refractivity contribution in [3.05, 3.63) is 12.2 Å². The number of unbranched alkanes of at least 4 members (excludes halogenated alkanes) is 2. The van der Waals surface area contributed by atoms with Crippen molar-refractivity contribution in [3.8, 4) is 0 Å². The molecule has 1 aliphatic heterocycles. The predicted octanol–water partition coefficient (Wildman–Crippen LogP) is 5.14. The van der Waals surface area contributed by atoms with Gasteiger partial charge in [0.1, 0.15) is 0 Å². The van der Waals surface area contributed by atoms with Crippen LogP contribution in [0.3, 0.4) is 0 Å². The Bertz CT molecular complexity index is 313. The molecule has 0 bridgehead atoms. The summed E-state index contributed by atoms with van der Waals surface area (Å²) in [6.45, 7) is 3.36. The molecule has 1 saturated carbocycles. The maximum atomic E-state index is 12.1. The van der Waals surface area contributed by atoms with Crippen LogP contribution in [0.1, 0.15) is 58.3 Å². The molecule has 2 fully saturated rings. The second-order valence-corrected chi connectivity index (χ2v) is 6.53. The van der Waals surface area contributed by atoms with Crippen LogP contribution in [0.2, 0.25) is 0 Å². The molecule has 0 aromatic carbocycles. The van der Waals surface area contributed by atoms with Crippen LogP contribution in [-0.2, 0) is 9.47 Å². The van der Waals surface area contributed by atoms with Crippen LogP contribution in [0, 0.1) is 17.8 Å². The Labute approximate surface area is 126 Å². The zero-order valence-electron chi connectivity index (χ0n) is 13.0. The van der Waals surface area contributed by atoms with Crippen molar-refractivity contribution in [1.29, 1.82) is 0 Å². The first-order valence-corrected chi connectivity index (χ1v) is 8.45. The molecule has 1 heterocycles. The van der Waals surface area contributed by atoms with Crippen molar-refractivity contribution >= 4 is 0 Å². The van der Waals surface area contributed by atoms with E-state index in [-0.39, 0.29) is 0 Å². The molecule has 0 N–H and O–H groups in total. The van der Waals surface area contributed by atoms with E-state index in [4.69, 9.17) is 9.47 Å². The highest BCUT2D eigenvalue weighted by molar-refractivity contribution is 4.87. The topological polar surface area (TPSA) is 18.5 Å². The first kappa shape index (κ1) is 16.9. The van der Waals surface area contributed by atoms with Crippen molar-refractivity contribution < 1.29 is 18.3 Å². The van der Waals surface area contributed by atoms with Gasteiger partial charge in [0.05, 0.1) is 13.2 Å². The third-order valence-corrected chi connectivity index (χ3v) is 4.99. The van der Waals surface area contributed by atoms with Gasteiger partial charge in [-0.1, -0.05) is 45.4 Å². The van der Waals surface area contributed by atoms with Crippen molar-refractivity contribution in [2.75, 3.05) is 13.2 Å². The minimum absolute atomic E-state index is 0.383. The molecule has 0 unspecified atom stereocenters. The smallest absolute Gasteiger partial charge is 0.271 e. The van der Waals surface area contributed by atoms with Gasteiger partial charge in [-0.3, -0.25) is 0 Å². The predicted molar refractivity (Wildman–Crippen MR) is 79.1 cm³/mol. The van der Waals surface area contributed by atoms with Crippen LogP contribution in [0.15, 0.2) is 12.2 Å². The molecule has 1 saturated heterocycles. The molecule has 0 amide bonds. The van der Waals surface area contributed by atoms with Gasteiger partial charge in [-0.05, 0) is 24.7 Å². The Morgan fingerprint density at radius 1 is 1.00 bits per heavy atom. The average Bonchev–Trinajstić information content (AvgIpc) is 2.49. The second-order valence-electron chi connectivity index (χ2n) is 6.53. The normalized spacial score (nSPS) is 33.7. The van der Waals surface area contributed by atoms with Crippen LogP contribution >= 0.6 is 0 Å². The monoisotopic (exact) mass is 302 g/mol. The standard InChI is InChI=1S/C17H28F2O2/c1-2-3-4-5-13-6-8-14(9-7-13)15-11-20-17(21-12-15)10-16(18)19/h10,13-15,17H,2-9,11-12H2,1H3. The molecule has 1 aliphatic carbocycles. The molecular formula is C17H28F2O2. The van der Waals surface area contributed by atoms with Crippen LogP contribution < -0.4 is 0 Å². The molecule has 0 aromatic rings. The van der Waals surface area contributed by atoms with Gasteiger partial charge in [0.25, 0.3) is 6.08 Å². The summed E-state index contributed by atoms with van der Waals surface area (Å²) in [5, 5.41) is 0. The number of hydrogen-bond donors (Lipinski definition) is 0. The molecule has 0 aromatic heterocycles. The summed E-state index contributed by atoms with van der Waals surface area (Å²) in [7, 11) is 0. The molecule has 2 nitrogen and oxygen atoms in total. The fourth-order valence-electron chi connectivity index (χ4n) is 3.64. The van der Waals surface area contributed by atoms with E-state index in [9.17, 15) is 8.78 Å². The molecule has 21 heavy (non-hydrogen) atoms. The minimum atomic E-state index is -1.73. The van der Waals surface area contributed by atoms with E-state index in [1.165, 1.54) is 51.4 Å². The van der Waals surface area contributed by atoms with Crippen LogP contribution in [-0.4, -0.2) is 19.5 Å². The lowest BCUT2D eigenvalue weighted by molar-refractivity contribution is -0.186. The second kappa shape index (κ2) is 8.84. The molecule has 0 radical (unpaired) electrons. The van der Waals surface area contributed by atoms with Gasteiger partial charge in [-0.2, -0.15) is 8.78 Å². The zero-order valence-corrected chi connectivity index (χ0v) is 13.0. The van der Waals surface area contributed by atoms with E-state index in [0.717, 1.165) is 12.0 Å². The summed E-state index contributed by atoms with van der Waals surface area (Å²) >= 11 is 0. The van der Waals surface area contributed by atoms with Gasteiger partial charge in [-0.25, -0.2) is 0 Å². The maximum absolute atomic E-state index is 12.1. The number of rotatable bonds is 6. The fraction of sp³-hybridized carbons (Fsp3) is 0.882. The highest BCUT2D eigenvalue weighted by Gasteiger charge is 2.31. The molecule has 2 rings (SSSR count). The van der Waals surface area contributed by atoms with Gasteiger partial charge in [-0.15, -0.1) is 0 Å². The van der Waals surface area contributed by atoms with Gasteiger partial charge >= 0.3 is 0 Å². The van der Waals surface area contributed by atoms with Crippen LogP contribution in [0.4, 0.5) is 8.78 Å². The van der Waals surface area contributed by atoms with Crippen molar-refractivity contribution in [3.63, 3.8) is 0 Å². The van der Waals surface area contributed by atoms with E-state index in [2.05, 4.69) is 6.92 Å². The molecule has 2 aliphatic rings. The molecular weight excluding hydrogens is 274 g/mol. The van der Waals surface area contributed by atoms with E-state index >= 15 is 0 Å². The lowest BCUT2D eigenvalue weighted by Crippen LogP contribution is -2.36. The number of ether oxygens (including phenoxy) is 2. The lowest BCUT2D eigenvalue weighted by Gasteiger charge is -2.37. The Hall–Kier alpha value is -0.480. The van der Waals surface area contributed by atoms with Gasteiger partial charge in [0, 0.05) is 12.0 Å². The minimum Gasteiger partial charge on any atom is -0.348 e. The third kappa shape index (κ3) is 5.67. The molecule has 0 spiro atoms. The summed E-state index contributed by atoms with van der Waals surface area (Å²) in [6.07, 6.45) is 8.67. The quantitative estimate of drug-likeness (QED) is 0.632. The summed E-state index contributed by atoms with van der Waals surface area (Å²) in [5.74, 6) is 1.93. The third-order valence-electron chi connectivity index (χ3n) is 4.99. The zero-order chi connectivity index (χ0) is 15.1. The fourth-order valence-corrected chi connectivity index (χ4v) is 3.64. The summed E-state index contributed by atoms with van der Waals surface area (Å²) in [6, 6.07) is 0. The Morgan fingerprint density at radius 3 is 2.24 bits per heavy atom. The first-order chi connectivity index (χ1) is 10.2. The average molecular weight is 302 g/mol. The largest absolute Gasteiger partial charge is 0.348 e. The van der Waals surface area contributed by atoms with Gasteiger partial charge in [0.2, 0.25) is 0 Å². The first-order valence-electron chi connectivity index (χ1n) is 8.45. The van der Waals surface area contributed by atoms with Crippen molar-refractivity contribution in [2.24, 2.45) is 17.8 Å². The highest BCUT2D eigenvalue weighted by Crippen LogP contribution is 2.37. The number of hydrogen-bond acceptors (Lipinski definition) is 2. The summed E-state index contributed by atoms with van der Waals surface area (Å²) in [4.78, 5) is 0. The Balaban J connectivity index is 1.66.